The van der Waals surface area contributed by atoms with E-state index in [1.54, 1.807) is 16.5 Å². The molecule has 1 N–H and O–H groups in total. The first-order valence-corrected chi connectivity index (χ1v) is 8.56. The van der Waals surface area contributed by atoms with Gasteiger partial charge in [-0.25, -0.2) is 4.68 Å². The normalized spacial score (nSPS) is 12.8. The molecule has 1 aromatic rings. The molecule has 0 spiro atoms. The van der Waals surface area contributed by atoms with Crippen LogP contribution < -0.4 is 5.32 Å². The van der Waals surface area contributed by atoms with E-state index < -0.39 is 6.04 Å². The standard InChI is InChI=1S/C16H30N6O2/c1-7-21(8-2)13(23)10-9-11-17-14(24)12(3)22-15(16(4,5)6)18-19-20-22/h12H,7-11H2,1-6H3,(H,17,24)/t12-/m0/s1. The van der Waals surface area contributed by atoms with Gasteiger partial charge in [-0.3, -0.25) is 9.59 Å². The molecule has 0 radical (unpaired) electrons. The molecule has 0 unspecified atom stereocenters. The lowest BCUT2D eigenvalue weighted by atomic mass is 9.95. The fraction of sp³-hybridized carbons (Fsp3) is 0.812. The number of nitrogens with zero attached hydrogens (tertiary/aromatic N) is 5. The average molecular weight is 338 g/mol. The van der Waals surface area contributed by atoms with Crippen LogP contribution in [-0.2, 0) is 15.0 Å². The van der Waals surface area contributed by atoms with Crippen LogP contribution in [0.3, 0.4) is 0 Å². The van der Waals surface area contributed by atoms with Crippen molar-refractivity contribution in [1.29, 1.82) is 0 Å². The first-order chi connectivity index (χ1) is 11.2. The van der Waals surface area contributed by atoms with Gasteiger partial charge in [0.2, 0.25) is 11.8 Å². The summed E-state index contributed by atoms with van der Waals surface area (Å²) in [4.78, 5) is 26.0. The number of carbonyl (C=O) groups is 2. The molecule has 0 saturated heterocycles. The van der Waals surface area contributed by atoms with Gasteiger partial charge in [0, 0.05) is 31.5 Å². The van der Waals surface area contributed by atoms with Gasteiger partial charge in [-0.2, -0.15) is 0 Å². The van der Waals surface area contributed by atoms with E-state index >= 15 is 0 Å². The van der Waals surface area contributed by atoms with Crippen LogP contribution in [0.15, 0.2) is 0 Å². The Kier molecular flexibility index (Phi) is 7.31. The fourth-order valence-corrected chi connectivity index (χ4v) is 2.39. The van der Waals surface area contributed by atoms with Crippen LogP contribution in [0.5, 0.6) is 0 Å². The van der Waals surface area contributed by atoms with Crippen LogP contribution in [0.1, 0.15) is 66.3 Å². The van der Waals surface area contributed by atoms with E-state index in [1.165, 1.54) is 0 Å². The quantitative estimate of drug-likeness (QED) is 0.721. The molecule has 1 aromatic heterocycles. The van der Waals surface area contributed by atoms with Crippen molar-refractivity contribution in [2.45, 2.75) is 65.8 Å². The average Bonchev–Trinajstić information content (AvgIpc) is 3.01. The molecule has 0 fully saturated rings. The third-order valence-electron chi connectivity index (χ3n) is 3.89. The number of hydrogen-bond donors (Lipinski definition) is 1. The SMILES string of the molecule is CCN(CC)C(=O)CCCNC(=O)[C@H](C)n1nnnc1C(C)(C)C. The largest absolute Gasteiger partial charge is 0.354 e. The molecule has 0 aromatic carbocycles. The summed E-state index contributed by atoms with van der Waals surface area (Å²) in [6.45, 7) is 13.6. The molecule has 8 nitrogen and oxygen atoms in total. The minimum Gasteiger partial charge on any atom is -0.354 e. The van der Waals surface area contributed by atoms with E-state index in [0.29, 0.717) is 38.3 Å². The number of tetrazole rings is 1. The number of hydrogen-bond acceptors (Lipinski definition) is 5. The van der Waals surface area contributed by atoms with Gasteiger partial charge in [-0.15, -0.1) is 5.10 Å². The molecule has 1 rings (SSSR count). The van der Waals surface area contributed by atoms with E-state index in [0.717, 1.165) is 0 Å². The maximum absolute atomic E-state index is 12.3. The summed E-state index contributed by atoms with van der Waals surface area (Å²) >= 11 is 0. The first kappa shape index (κ1) is 20.1. The highest BCUT2D eigenvalue weighted by atomic mass is 16.2. The molecule has 136 valence electrons. The molecule has 8 heteroatoms. The van der Waals surface area contributed by atoms with E-state index in [9.17, 15) is 9.59 Å². The topological polar surface area (TPSA) is 93.0 Å². The first-order valence-electron chi connectivity index (χ1n) is 8.56. The summed E-state index contributed by atoms with van der Waals surface area (Å²) < 4.78 is 1.55. The van der Waals surface area contributed by atoms with E-state index in [2.05, 4.69) is 20.8 Å². The Morgan fingerprint density at radius 2 is 1.88 bits per heavy atom. The van der Waals surface area contributed by atoms with Gasteiger partial charge in [0.15, 0.2) is 5.82 Å². The van der Waals surface area contributed by atoms with Crippen LogP contribution in [0, 0.1) is 0 Å². The Hall–Kier alpha value is -1.99. The predicted molar refractivity (Wildman–Crippen MR) is 91.4 cm³/mol. The zero-order chi connectivity index (χ0) is 18.3. The predicted octanol–water partition coefficient (Wildman–Crippen LogP) is 1.30. The number of nitrogens with one attached hydrogen (secondary N) is 1. The van der Waals surface area contributed by atoms with Gasteiger partial charge in [0.05, 0.1) is 0 Å². The number of carbonyl (C=O) groups excluding carboxylic acids is 2. The van der Waals surface area contributed by atoms with Crippen LogP contribution >= 0.6 is 0 Å². The number of amides is 2. The van der Waals surface area contributed by atoms with Gasteiger partial charge in [-0.05, 0) is 37.6 Å². The van der Waals surface area contributed by atoms with Crippen molar-refractivity contribution >= 4 is 11.8 Å². The van der Waals surface area contributed by atoms with E-state index in [1.807, 2.05) is 34.6 Å². The second-order valence-corrected chi connectivity index (χ2v) is 6.83. The second kappa shape index (κ2) is 8.75. The number of rotatable bonds is 8. The Morgan fingerprint density at radius 3 is 2.42 bits per heavy atom. The molecule has 0 aliphatic carbocycles. The van der Waals surface area contributed by atoms with Gasteiger partial charge in [0.25, 0.3) is 0 Å². The van der Waals surface area contributed by atoms with E-state index in [4.69, 9.17) is 0 Å². The third-order valence-corrected chi connectivity index (χ3v) is 3.89. The Morgan fingerprint density at radius 1 is 1.25 bits per heavy atom. The maximum atomic E-state index is 12.3. The van der Waals surface area contributed by atoms with Gasteiger partial charge < -0.3 is 10.2 Å². The molecule has 0 saturated carbocycles. The van der Waals surface area contributed by atoms with Crippen molar-refractivity contribution in [2.24, 2.45) is 0 Å². The summed E-state index contributed by atoms with van der Waals surface area (Å²) in [6.07, 6.45) is 1.06. The smallest absolute Gasteiger partial charge is 0.244 e. The third kappa shape index (κ3) is 5.28. The minimum absolute atomic E-state index is 0.123. The van der Waals surface area contributed by atoms with Crippen molar-refractivity contribution < 1.29 is 9.59 Å². The van der Waals surface area contributed by atoms with Crippen LogP contribution in [-0.4, -0.2) is 56.6 Å². The highest BCUT2D eigenvalue weighted by molar-refractivity contribution is 5.80. The fourth-order valence-electron chi connectivity index (χ4n) is 2.39. The van der Waals surface area contributed by atoms with Gasteiger partial charge in [0.1, 0.15) is 6.04 Å². The highest BCUT2D eigenvalue weighted by Gasteiger charge is 2.27. The summed E-state index contributed by atoms with van der Waals surface area (Å²) in [6, 6.07) is -0.493. The molecule has 1 atom stereocenters. The molecular formula is C16H30N6O2. The van der Waals surface area contributed by atoms with Crippen molar-refractivity contribution in [2.75, 3.05) is 19.6 Å². The Bertz CT molecular complexity index is 545. The van der Waals surface area contributed by atoms with Crippen molar-refractivity contribution in [1.82, 2.24) is 30.4 Å². The zero-order valence-corrected chi connectivity index (χ0v) is 15.7. The zero-order valence-electron chi connectivity index (χ0n) is 15.7. The summed E-state index contributed by atoms with van der Waals surface area (Å²) in [5.74, 6) is 0.641. The summed E-state index contributed by atoms with van der Waals surface area (Å²) in [5.41, 5.74) is -0.242. The van der Waals surface area contributed by atoms with Crippen molar-refractivity contribution in [3.05, 3.63) is 5.82 Å². The van der Waals surface area contributed by atoms with Gasteiger partial charge in [-0.1, -0.05) is 20.8 Å². The lowest BCUT2D eigenvalue weighted by Crippen LogP contribution is -2.35. The van der Waals surface area contributed by atoms with Crippen LogP contribution in [0.25, 0.3) is 0 Å². The highest BCUT2D eigenvalue weighted by Crippen LogP contribution is 2.21. The summed E-state index contributed by atoms with van der Waals surface area (Å²) in [7, 11) is 0. The van der Waals surface area contributed by atoms with Crippen LogP contribution in [0.4, 0.5) is 0 Å². The van der Waals surface area contributed by atoms with E-state index in [-0.39, 0.29) is 17.2 Å². The monoisotopic (exact) mass is 338 g/mol. The molecule has 0 bridgehead atoms. The number of aromatic nitrogens is 4. The molecule has 24 heavy (non-hydrogen) atoms. The summed E-state index contributed by atoms with van der Waals surface area (Å²) in [5, 5.41) is 14.5. The van der Waals surface area contributed by atoms with Crippen molar-refractivity contribution in [3.63, 3.8) is 0 Å². The molecule has 0 aliphatic heterocycles. The van der Waals surface area contributed by atoms with Crippen LogP contribution in [0.2, 0.25) is 0 Å². The Labute approximate surface area is 144 Å². The van der Waals surface area contributed by atoms with Gasteiger partial charge >= 0.3 is 0 Å². The second-order valence-electron chi connectivity index (χ2n) is 6.83. The minimum atomic E-state index is -0.493. The molecule has 1 heterocycles. The molecule has 2 amide bonds. The molecular weight excluding hydrogens is 308 g/mol. The van der Waals surface area contributed by atoms with Crippen molar-refractivity contribution in [3.8, 4) is 0 Å². The maximum Gasteiger partial charge on any atom is 0.244 e. The lowest BCUT2D eigenvalue weighted by molar-refractivity contribution is -0.131. The lowest BCUT2D eigenvalue weighted by Gasteiger charge is -2.21. The molecule has 0 aliphatic rings. The Balaban J connectivity index is 2.49.